The molecule has 0 spiro atoms. The van der Waals surface area contributed by atoms with Gasteiger partial charge in [0.25, 0.3) is 0 Å². The van der Waals surface area contributed by atoms with Gasteiger partial charge >= 0.3 is 0 Å². The zero-order valence-electron chi connectivity index (χ0n) is 11.6. The van der Waals surface area contributed by atoms with Crippen molar-refractivity contribution in [1.82, 2.24) is 4.72 Å². The maximum absolute atomic E-state index is 12.4. The van der Waals surface area contributed by atoms with E-state index in [9.17, 15) is 16.8 Å². The molecule has 1 aliphatic carbocycles. The molecule has 2 unspecified atom stereocenters. The van der Waals surface area contributed by atoms with Gasteiger partial charge in [-0.1, -0.05) is 12.8 Å². The minimum Gasteiger partial charge on any atom is -0.330 e. The molecule has 118 valence electrons. The molecule has 0 aromatic rings. The zero-order valence-corrected chi connectivity index (χ0v) is 13.3. The lowest BCUT2D eigenvalue weighted by Crippen LogP contribution is -2.49. The minimum absolute atomic E-state index is 0.0242. The summed E-state index contributed by atoms with van der Waals surface area (Å²) in [7, 11) is -6.48. The van der Waals surface area contributed by atoms with Crippen LogP contribution in [0.4, 0.5) is 0 Å². The SMILES string of the molecule is NCC1CCCCC1NS(=O)(=O)C1CCS(=O)(=O)CC1. The number of nitrogens with one attached hydrogen (secondary N) is 1. The van der Waals surface area contributed by atoms with Crippen LogP contribution in [-0.2, 0) is 19.9 Å². The molecule has 0 aromatic carbocycles. The summed E-state index contributed by atoms with van der Waals surface area (Å²) >= 11 is 0. The monoisotopic (exact) mass is 324 g/mol. The molecule has 2 atom stereocenters. The molecular formula is C12H24N2O4S2. The van der Waals surface area contributed by atoms with E-state index >= 15 is 0 Å². The Bertz CT molecular complexity index is 516. The van der Waals surface area contributed by atoms with Gasteiger partial charge in [-0.05, 0) is 38.1 Å². The third kappa shape index (κ3) is 3.93. The molecule has 2 rings (SSSR count). The summed E-state index contributed by atoms with van der Waals surface area (Å²) in [5, 5.41) is -0.577. The molecule has 1 saturated carbocycles. The first-order valence-electron chi connectivity index (χ1n) is 7.26. The molecule has 0 aromatic heterocycles. The molecule has 3 N–H and O–H groups in total. The van der Waals surface area contributed by atoms with Gasteiger partial charge in [0.1, 0.15) is 9.84 Å². The van der Waals surface area contributed by atoms with Crippen molar-refractivity contribution in [3.05, 3.63) is 0 Å². The third-order valence-electron chi connectivity index (χ3n) is 4.47. The summed E-state index contributed by atoms with van der Waals surface area (Å²) in [6.07, 6.45) is 4.31. The number of hydrogen-bond donors (Lipinski definition) is 2. The van der Waals surface area contributed by atoms with Crippen molar-refractivity contribution in [2.75, 3.05) is 18.1 Å². The number of rotatable bonds is 4. The molecule has 6 nitrogen and oxygen atoms in total. The standard InChI is InChI=1S/C12H24N2O4S2/c13-9-10-3-1-2-4-12(10)14-20(17,18)11-5-7-19(15,16)8-6-11/h10-12,14H,1-9,13H2. The van der Waals surface area contributed by atoms with Crippen LogP contribution in [0.3, 0.4) is 0 Å². The molecule has 0 amide bonds. The van der Waals surface area contributed by atoms with Crippen molar-refractivity contribution in [2.24, 2.45) is 11.7 Å². The quantitative estimate of drug-likeness (QED) is 0.757. The zero-order chi connectivity index (χ0) is 14.8. The Kier molecular flexibility index (Phi) is 5.09. The molecule has 1 aliphatic heterocycles. The highest BCUT2D eigenvalue weighted by atomic mass is 32.2. The molecule has 20 heavy (non-hydrogen) atoms. The Labute approximate surface area is 121 Å². The first-order valence-corrected chi connectivity index (χ1v) is 10.6. The summed E-state index contributed by atoms with van der Waals surface area (Å²) in [6.45, 7) is 0.492. The van der Waals surface area contributed by atoms with Gasteiger partial charge in [-0.25, -0.2) is 21.6 Å². The van der Waals surface area contributed by atoms with E-state index in [1.54, 1.807) is 0 Å². The van der Waals surface area contributed by atoms with Crippen LogP contribution in [0.5, 0.6) is 0 Å². The Morgan fingerprint density at radius 1 is 1.05 bits per heavy atom. The van der Waals surface area contributed by atoms with Gasteiger partial charge in [0.15, 0.2) is 0 Å². The minimum atomic E-state index is -3.45. The second kappa shape index (κ2) is 6.29. The Morgan fingerprint density at radius 3 is 2.25 bits per heavy atom. The molecule has 2 fully saturated rings. The van der Waals surface area contributed by atoms with E-state index < -0.39 is 25.1 Å². The molecule has 0 radical (unpaired) electrons. The number of sulfonamides is 1. The summed E-state index contributed by atoms with van der Waals surface area (Å²) in [5.41, 5.74) is 5.71. The highest BCUT2D eigenvalue weighted by Gasteiger charge is 2.36. The highest BCUT2D eigenvalue weighted by molar-refractivity contribution is 7.92. The maximum Gasteiger partial charge on any atom is 0.214 e. The van der Waals surface area contributed by atoms with Crippen molar-refractivity contribution < 1.29 is 16.8 Å². The molecular weight excluding hydrogens is 300 g/mol. The van der Waals surface area contributed by atoms with E-state index in [0.717, 1.165) is 25.7 Å². The number of hydrogen-bond acceptors (Lipinski definition) is 5. The lowest BCUT2D eigenvalue weighted by atomic mass is 9.85. The van der Waals surface area contributed by atoms with Crippen LogP contribution in [0.15, 0.2) is 0 Å². The van der Waals surface area contributed by atoms with Crippen LogP contribution in [-0.4, -0.2) is 46.2 Å². The predicted molar refractivity (Wildman–Crippen MR) is 78.5 cm³/mol. The van der Waals surface area contributed by atoms with Crippen molar-refractivity contribution in [3.63, 3.8) is 0 Å². The van der Waals surface area contributed by atoms with Crippen LogP contribution < -0.4 is 10.5 Å². The van der Waals surface area contributed by atoms with Gasteiger partial charge in [0, 0.05) is 6.04 Å². The van der Waals surface area contributed by atoms with Crippen molar-refractivity contribution in [2.45, 2.75) is 49.8 Å². The van der Waals surface area contributed by atoms with Crippen molar-refractivity contribution in [1.29, 1.82) is 0 Å². The molecule has 1 heterocycles. The largest absolute Gasteiger partial charge is 0.330 e. The van der Waals surface area contributed by atoms with Crippen LogP contribution in [0.1, 0.15) is 38.5 Å². The maximum atomic E-state index is 12.4. The highest BCUT2D eigenvalue weighted by Crippen LogP contribution is 2.26. The van der Waals surface area contributed by atoms with E-state index in [-0.39, 0.29) is 36.3 Å². The fourth-order valence-electron chi connectivity index (χ4n) is 3.13. The predicted octanol–water partition coefficient (Wildman–Crippen LogP) is 0.000500. The Morgan fingerprint density at radius 2 is 1.65 bits per heavy atom. The Hall–Kier alpha value is -0.180. The average Bonchev–Trinajstić information content (AvgIpc) is 2.38. The third-order valence-corrected chi connectivity index (χ3v) is 8.16. The lowest BCUT2D eigenvalue weighted by Gasteiger charge is -2.33. The van der Waals surface area contributed by atoms with Gasteiger partial charge < -0.3 is 5.73 Å². The first-order chi connectivity index (χ1) is 9.34. The molecule has 8 heteroatoms. The van der Waals surface area contributed by atoms with Crippen LogP contribution in [0.2, 0.25) is 0 Å². The molecule has 1 saturated heterocycles. The van der Waals surface area contributed by atoms with E-state index in [1.807, 2.05) is 0 Å². The van der Waals surface area contributed by atoms with E-state index in [1.165, 1.54) is 0 Å². The van der Waals surface area contributed by atoms with Crippen molar-refractivity contribution in [3.8, 4) is 0 Å². The number of nitrogens with two attached hydrogens (primary N) is 1. The fourth-order valence-corrected chi connectivity index (χ4v) is 6.70. The van der Waals surface area contributed by atoms with E-state index in [2.05, 4.69) is 4.72 Å². The number of sulfone groups is 1. The van der Waals surface area contributed by atoms with Gasteiger partial charge in [-0.3, -0.25) is 0 Å². The fraction of sp³-hybridized carbons (Fsp3) is 1.00. The van der Waals surface area contributed by atoms with Gasteiger partial charge in [-0.15, -0.1) is 0 Å². The van der Waals surface area contributed by atoms with E-state index in [0.29, 0.717) is 6.54 Å². The first kappa shape index (κ1) is 16.2. The van der Waals surface area contributed by atoms with Gasteiger partial charge in [-0.2, -0.15) is 0 Å². The summed E-state index contributed by atoms with van der Waals surface area (Å²) < 4.78 is 50.3. The van der Waals surface area contributed by atoms with Gasteiger partial charge in [0.2, 0.25) is 10.0 Å². The second-order valence-electron chi connectivity index (χ2n) is 5.90. The van der Waals surface area contributed by atoms with Crippen LogP contribution in [0.25, 0.3) is 0 Å². The smallest absolute Gasteiger partial charge is 0.214 e. The van der Waals surface area contributed by atoms with Gasteiger partial charge in [0.05, 0.1) is 16.8 Å². The topological polar surface area (TPSA) is 106 Å². The second-order valence-corrected chi connectivity index (χ2v) is 10.2. The van der Waals surface area contributed by atoms with Crippen molar-refractivity contribution >= 4 is 19.9 Å². The normalized spacial score (nSPS) is 32.0. The Balaban J connectivity index is 2.00. The molecule has 2 aliphatic rings. The summed E-state index contributed by atoms with van der Waals surface area (Å²) in [5.74, 6) is 0.151. The van der Waals surface area contributed by atoms with E-state index in [4.69, 9.17) is 5.73 Å². The van der Waals surface area contributed by atoms with Crippen LogP contribution in [0, 0.1) is 5.92 Å². The summed E-state index contributed by atoms with van der Waals surface area (Å²) in [4.78, 5) is 0. The molecule has 0 bridgehead atoms. The average molecular weight is 324 g/mol. The summed E-state index contributed by atoms with van der Waals surface area (Å²) in [6, 6.07) is -0.0858. The van der Waals surface area contributed by atoms with Crippen LogP contribution >= 0.6 is 0 Å². The lowest BCUT2D eigenvalue weighted by molar-refractivity contribution is 0.295.